The van der Waals surface area contributed by atoms with Crippen molar-refractivity contribution >= 4 is 12.1 Å². The van der Waals surface area contributed by atoms with Gasteiger partial charge in [0.05, 0.1) is 19.0 Å². The van der Waals surface area contributed by atoms with Crippen molar-refractivity contribution in [3.05, 3.63) is 102 Å². The van der Waals surface area contributed by atoms with Crippen LogP contribution in [0.25, 0.3) is 11.3 Å². The van der Waals surface area contributed by atoms with Crippen LogP contribution in [0.1, 0.15) is 21.6 Å². The van der Waals surface area contributed by atoms with Crippen LogP contribution in [-0.4, -0.2) is 29.4 Å². The zero-order chi connectivity index (χ0) is 22.2. The Morgan fingerprint density at radius 3 is 2.59 bits per heavy atom. The maximum absolute atomic E-state index is 12.4. The largest absolute Gasteiger partial charge is 0.497 e. The second kappa shape index (κ2) is 10.1. The highest BCUT2D eigenvalue weighted by atomic mass is 16.5. The number of carbonyl (C=O) groups is 1. The molecule has 0 saturated carbocycles. The number of H-pyrrole nitrogens is 1. The fourth-order valence-electron chi connectivity index (χ4n) is 3.00. The number of amides is 1. The Hall–Kier alpha value is -4.39. The molecule has 1 heterocycles. The molecule has 0 aliphatic heterocycles. The van der Waals surface area contributed by atoms with Crippen molar-refractivity contribution in [2.75, 3.05) is 7.11 Å². The van der Waals surface area contributed by atoms with E-state index in [1.807, 2.05) is 78.9 Å². The van der Waals surface area contributed by atoms with Gasteiger partial charge in [-0.05, 0) is 53.6 Å². The predicted octanol–water partition coefficient (Wildman–Crippen LogP) is 4.43. The van der Waals surface area contributed by atoms with Crippen molar-refractivity contribution in [3.8, 4) is 22.8 Å². The molecular formula is C25H22N4O3. The number of rotatable bonds is 8. The van der Waals surface area contributed by atoms with Crippen LogP contribution < -0.4 is 14.9 Å². The van der Waals surface area contributed by atoms with E-state index in [-0.39, 0.29) is 5.91 Å². The lowest BCUT2D eigenvalue weighted by Crippen LogP contribution is -2.18. The van der Waals surface area contributed by atoms with Crippen LogP contribution in [0.15, 0.2) is 90.0 Å². The molecule has 0 spiro atoms. The molecule has 7 heteroatoms. The average Bonchev–Trinajstić information content (AvgIpc) is 3.34. The minimum absolute atomic E-state index is 0.313. The molecule has 0 unspecified atom stereocenters. The van der Waals surface area contributed by atoms with E-state index >= 15 is 0 Å². The van der Waals surface area contributed by atoms with Crippen LogP contribution in [0.5, 0.6) is 11.5 Å². The number of benzene rings is 3. The third-order valence-corrected chi connectivity index (χ3v) is 4.69. The van der Waals surface area contributed by atoms with Gasteiger partial charge in [0.25, 0.3) is 5.91 Å². The van der Waals surface area contributed by atoms with Gasteiger partial charge in [0.15, 0.2) is 0 Å². The summed E-state index contributed by atoms with van der Waals surface area (Å²) in [4.78, 5) is 12.4. The molecule has 0 atom stereocenters. The molecular weight excluding hydrogens is 404 g/mol. The molecule has 0 saturated heterocycles. The Morgan fingerprint density at radius 1 is 1.00 bits per heavy atom. The molecule has 32 heavy (non-hydrogen) atoms. The molecule has 160 valence electrons. The highest BCUT2D eigenvalue weighted by Gasteiger charge is 2.10. The molecule has 0 aliphatic rings. The summed E-state index contributed by atoms with van der Waals surface area (Å²) in [5.74, 6) is 1.10. The minimum Gasteiger partial charge on any atom is -0.497 e. The van der Waals surface area contributed by atoms with E-state index in [2.05, 4.69) is 20.7 Å². The van der Waals surface area contributed by atoms with Gasteiger partial charge in [-0.3, -0.25) is 9.89 Å². The first-order valence-corrected chi connectivity index (χ1v) is 10.0. The Balaban J connectivity index is 1.33. The summed E-state index contributed by atoms with van der Waals surface area (Å²) in [5.41, 5.74) is 6.24. The maximum Gasteiger partial charge on any atom is 0.289 e. The van der Waals surface area contributed by atoms with Crippen molar-refractivity contribution in [1.82, 2.24) is 15.6 Å². The number of nitrogens with one attached hydrogen (secondary N) is 2. The topological polar surface area (TPSA) is 88.6 Å². The number of hydrogen-bond donors (Lipinski definition) is 2. The summed E-state index contributed by atoms with van der Waals surface area (Å²) >= 11 is 0. The second-order valence-electron chi connectivity index (χ2n) is 6.94. The van der Waals surface area contributed by atoms with Gasteiger partial charge in [-0.1, -0.05) is 42.5 Å². The zero-order valence-corrected chi connectivity index (χ0v) is 17.5. The molecule has 1 aromatic heterocycles. The maximum atomic E-state index is 12.4. The molecule has 0 aliphatic carbocycles. The summed E-state index contributed by atoms with van der Waals surface area (Å²) in [6.07, 6.45) is 1.56. The first kappa shape index (κ1) is 20.9. The number of nitrogens with zero attached hydrogens (tertiary/aromatic N) is 2. The summed E-state index contributed by atoms with van der Waals surface area (Å²) in [6.45, 7) is 0.481. The third kappa shape index (κ3) is 5.40. The van der Waals surface area contributed by atoms with Gasteiger partial charge >= 0.3 is 0 Å². The number of hydrazone groups is 1. The third-order valence-electron chi connectivity index (χ3n) is 4.69. The SMILES string of the molecule is COc1ccc(-c2cc(C(=O)N/N=C/c3cccc(OCc4ccccc4)c3)[nH]n2)cc1. The molecule has 0 bridgehead atoms. The van der Waals surface area contributed by atoms with E-state index in [1.165, 1.54) is 0 Å². The quantitative estimate of drug-likeness (QED) is 0.322. The molecule has 2 N–H and O–H groups in total. The number of hydrogen-bond acceptors (Lipinski definition) is 5. The lowest BCUT2D eigenvalue weighted by Gasteiger charge is -2.06. The zero-order valence-electron chi connectivity index (χ0n) is 17.5. The van der Waals surface area contributed by atoms with Crippen molar-refractivity contribution in [3.63, 3.8) is 0 Å². The molecule has 7 nitrogen and oxygen atoms in total. The minimum atomic E-state index is -0.384. The van der Waals surface area contributed by atoms with Crippen LogP contribution in [0.3, 0.4) is 0 Å². The van der Waals surface area contributed by atoms with Gasteiger partial charge in [-0.15, -0.1) is 0 Å². The summed E-state index contributed by atoms with van der Waals surface area (Å²) in [7, 11) is 1.61. The van der Waals surface area contributed by atoms with Crippen LogP contribution >= 0.6 is 0 Å². The number of carbonyl (C=O) groups excluding carboxylic acids is 1. The number of methoxy groups -OCH3 is 1. The van der Waals surface area contributed by atoms with Crippen LogP contribution in [0, 0.1) is 0 Å². The second-order valence-corrected chi connectivity index (χ2v) is 6.94. The molecule has 3 aromatic carbocycles. The Bertz CT molecular complexity index is 1200. The normalized spacial score (nSPS) is 10.8. The van der Waals surface area contributed by atoms with Crippen LogP contribution in [0.2, 0.25) is 0 Å². The van der Waals surface area contributed by atoms with E-state index < -0.39 is 0 Å². The first-order chi connectivity index (χ1) is 15.7. The fourth-order valence-corrected chi connectivity index (χ4v) is 3.00. The average molecular weight is 426 g/mol. The smallest absolute Gasteiger partial charge is 0.289 e. The number of ether oxygens (including phenoxy) is 2. The van der Waals surface area contributed by atoms with Gasteiger partial charge in [0, 0.05) is 5.56 Å². The molecule has 4 aromatic rings. The highest BCUT2D eigenvalue weighted by molar-refractivity contribution is 5.94. The van der Waals surface area contributed by atoms with E-state index in [1.54, 1.807) is 19.4 Å². The molecule has 0 fully saturated rings. The van der Waals surface area contributed by atoms with E-state index in [9.17, 15) is 4.79 Å². The first-order valence-electron chi connectivity index (χ1n) is 10.0. The summed E-state index contributed by atoms with van der Waals surface area (Å²) in [5, 5.41) is 11.0. The van der Waals surface area contributed by atoms with Gasteiger partial charge in [-0.2, -0.15) is 10.2 Å². The lowest BCUT2D eigenvalue weighted by atomic mass is 10.1. The Morgan fingerprint density at radius 2 is 1.81 bits per heavy atom. The van der Waals surface area contributed by atoms with E-state index in [0.717, 1.165) is 28.2 Å². The van der Waals surface area contributed by atoms with E-state index in [0.29, 0.717) is 18.0 Å². The van der Waals surface area contributed by atoms with Crippen molar-refractivity contribution in [2.24, 2.45) is 5.10 Å². The standard InChI is InChI=1S/C25H22N4O3/c1-31-21-12-10-20(11-13-21)23-15-24(28-27-23)25(30)29-26-16-19-8-5-9-22(14-19)32-17-18-6-3-2-4-7-18/h2-16H,17H2,1H3,(H,27,28)(H,29,30)/b26-16+. The van der Waals surface area contributed by atoms with Gasteiger partial charge < -0.3 is 9.47 Å². The summed E-state index contributed by atoms with van der Waals surface area (Å²) < 4.78 is 11.0. The van der Waals surface area contributed by atoms with E-state index in [4.69, 9.17) is 9.47 Å². The van der Waals surface area contributed by atoms with Gasteiger partial charge in [0.1, 0.15) is 23.8 Å². The molecule has 4 rings (SSSR count). The predicted molar refractivity (Wildman–Crippen MR) is 123 cm³/mol. The van der Waals surface area contributed by atoms with Gasteiger partial charge in [0.2, 0.25) is 0 Å². The number of aromatic amines is 1. The molecule has 1 amide bonds. The highest BCUT2D eigenvalue weighted by Crippen LogP contribution is 2.21. The summed E-state index contributed by atoms with van der Waals surface area (Å²) in [6, 6.07) is 26.5. The van der Waals surface area contributed by atoms with Crippen LogP contribution in [0.4, 0.5) is 0 Å². The monoisotopic (exact) mass is 426 g/mol. The van der Waals surface area contributed by atoms with Crippen molar-refractivity contribution in [2.45, 2.75) is 6.61 Å². The number of aromatic nitrogens is 2. The Labute approximate surface area is 185 Å². The van der Waals surface area contributed by atoms with Crippen LogP contribution in [-0.2, 0) is 6.61 Å². The fraction of sp³-hybridized carbons (Fsp3) is 0.0800. The van der Waals surface area contributed by atoms with Crippen molar-refractivity contribution in [1.29, 1.82) is 0 Å². The Kier molecular flexibility index (Phi) is 6.57. The van der Waals surface area contributed by atoms with Crippen molar-refractivity contribution < 1.29 is 14.3 Å². The van der Waals surface area contributed by atoms with Gasteiger partial charge in [-0.25, -0.2) is 5.43 Å². The lowest BCUT2D eigenvalue weighted by molar-refractivity contribution is 0.0950. The molecule has 0 radical (unpaired) electrons.